The molecule has 77 heavy (non-hydrogen) atoms. The quantitative estimate of drug-likeness (QED) is 0.0258. The van der Waals surface area contributed by atoms with E-state index in [2.05, 4.69) is 18.0 Å². The molecule has 4 N–H and O–H groups in total. The summed E-state index contributed by atoms with van der Waals surface area (Å²) in [5.74, 6) is -0.386. The standard InChI is InChI=1S/C64H126O12S/c1-3-5-7-9-11-13-15-17-19-21-23-25-27-29-31-33-35-37-39-41-43-45-47-49-51-53-60(66)74-58(57-73-64-62(68)63(76-77(69,70)71)61(67)59(55-65)75-64)56-72-54-52-50-48-46-44-42-40-38-36-34-32-30-28-26-24-22-20-18-16-14-12-10-8-6-4-2/h58-59,61-65,67-68H,3-57H2,1-2H3,(H,69,70,71). The molecule has 0 aromatic carbocycles. The van der Waals surface area contributed by atoms with Crippen LogP contribution in [0.4, 0.5) is 0 Å². The minimum absolute atomic E-state index is 0.0461. The lowest BCUT2D eigenvalue weighted by Gasteiger charge is -2.41. The molecule has 1 fully saturated rings. The zero-order valence-electron chi connectivity index (χ0n) is 50.3. The van der Waals surface area contributed by atoms with Gasteiger partial charge in [-0.1, -0.05) is 322 Å². The van der Waals surface area contributed by atoms with Crippen LogP contribution in [0.15, 0.2) is 0 Å². The summed E-state index contributed by atoms with van der Waals surface area (Å²) in [6.45, 7) is 4.10. The van der Waals surface area contributed by atoms with Crippen LogP contribution in [0, 0.1) is 0 Å². The van der Waals surface area contributed by atoms with Crippen molar-refractivity contribution in [2.75, 3.05) is 26.4 Å². The van der Waals surface area contributed by atoms with Gasteiger partial charge in [-0.25, -0.2) is 4.18 Å². The van der Waals surface area contributed by atoms with E-state index < -0.39 is 53.8 Å². The molecule has 13 heteroatoms. The van der Waals surface area contributed by atoms with Gasteiger partial charge >= 0.3 is 16.4 Å². The monoisotopic (exact) mass is 1120 g/mol. The maximum absolute atomic E-state index is 13.0. The summed E-state index contributed by atoms with van der Waals surface area (Å²) in [6, 6.07) is 0. The van der Waals surface area contributed by atoms with Crippen LogP contribution in [0.3, 0.4) is 0 Å². The van der Waals surface area contributed by atoms with E-state index in [0.717, 1.165) is 38.5 Å². The third kappa shape index (κ3) is 48.4. The van der Waals surface area contributed by atoms with Crippen LogP contribution in [-0.4, -0.2) is 97.5 Å². The van der Waals surface area contributed by atoms with E-state index in [1.54, 1.807) is 0 Å². The number of unbranched alkanes of at least 4 members (excludes halogenated alkanes) is 48. The number of carbonyl (C=O) groups is 1. The minimum Gasteiger partial charge on any atom is -0.457 e. The van der Waals surface area contributed by atoms with Gasteiger partial charge in [0.15, 0.2) is 6.29 Å². The third-order valence-corrected chi connectivity index (χ3v) is 16.4. The van der Waals surface area contributed by atoms with Crippen LogP contribution in [0.1, 0.15) is 341 Å². The van der Waals surface area contributed by atoms with Crippen molar-refractivity contribution in [1.29, 1.82) is 0 Å². The molecule has 0 aromatic rings. The highest BCUT2D eigenvalue weighted by Gasteiger charge is 2.48. The number of carbonyl (C=O) groups excluding carboxylic acids is 1. The first-order valence-corrected chi connectivity index (χ1v) is 34.7. The van der Waals surface area contributed by atoms with Gasteiger partial charge in [-0.05, 0) is 12.8 Å². The lowest BCUT2D eigenvalue weighted by atomic mass is 9.99. The fourth-order valence-electron chi connectivity index (χ4n) is 11.0. The zero-order valence-corrected chi connectivity index (χ0v) is 51.1. The number of ether oxygens (including phenoxy) is 4. The molecule has 0 aromatic heterocycles. The van der Waals surface area contributed by atoms with Gasteiger partial charge in [-0.15, -0.1) is 0 Å². The van der Waals surface area contributed by atoms with Crippen molar-refractivity contribution >= 4 is 16.4 Å². The van der Waals surface area contributed by atoms with Crippen LogP contribution in [0.25, 0.3) is 0 Å². The average Bonchev–Trinajstić information content (AvgIpc) is 3.42. The second-order valence-corrected chi connectivity index (χ2v) is 24.5. The Morgan fingerprint density at radius 2 is 0.740 bits per heavy atom. The SMILES string of the molecule is CCCCCCCCCCCCCCCCCCCCCCCCCCCOCC(COC1OC(CO)C(O)C(OS(=O)(=O)O)C1O)OC(=O)CCCCCCCCCCCCCCCCCCCCCCCCCCC. The minimum atomic E-state index is -5.07. The fraction of sp³-hybridized carbons (Fsp3) is 0.984. The molecule has 0 radical (unpaired) electrons. The van der Waals surface area contributed by atoms with Crippen molar-refractivity contribution in [3.05, 3.63) is 0 Å². The Bertz CT molecular complexity index is 1340. The number of rotatable bonds is 61. The molecule has 460 valence electrons. The van der Waals surface area contributed by atoms with Gasteiger partial charge in [0.05, 0.1) is 19.8 Å². The molecule has 0 aliphatic carbocycles. The van der Waals surface area contributed by atoms with Crippen molar-refractivity contribution in [3.8, 4) is 0 Å². The molecule has 1 heterocycles. The molecular formula is C64H126O12S. The number of hydrogen-bond donors (Lipinski definition) is 4. The predicted molar refractivity (Wildman–Crippen MR) is 318 cm³/mol. The Kier molecular flexibility index (Phi) is 53.5. The number of aliphatic hydroxyl groups is 3. The largest absolute Gasteiger partial charge is 0.457 e. The van der Waals surface area contributed by atoms with Crippen LogP contribution < -0.4 is 0 Å². The van der Waals surface area contributed by atoms with Crippen molar-refractivity contribution in [1.82, 2.24) is 0 Å². The van der Waals surface area contributed by atoms with Crippen LogP contribution >= 0.6 is 0 Å². The first-order chi connectivity index (χ1) is 37.6. The summed E-state index contributed by atoms with van der Waals surface area (Å²) in [5.41, 5.74) is 0. The second-order valence-electron chi connectivity index (χ2n) is 23.4. The van der Waals surface area contributed by atoms with E-state index in [0.29, 0.717) is 13.0 Å². The molecule has 6 atom stereocenters. The van der Waals surface area contributed by atoms with E-state index in [1.165, 1.54) is 276 Å². The lowest BCUT2D eigenvalue weighted by Crippen LogP contribution is -2.60. The van der Waals surface area contributed by atoms with Crippen molar-refractivity contribution in [3.63, 3.8) is 0 Å². The molecule has 12 nitrogen and oxygen atoms in total. The van der Waals surface area contributed by atoms with Gasteiger partial charge in [0.25, 0.3) is 0 Å². The fourth-order valence-corrected chi connectivity index (χ4v) is 11.5. The molecule has 0 spiro atoms. The summed E-state index contributed by atoms with van der Waals surface area (Å²) in [5, 5.41) is 30.9. The van der Waals surface area contributed by atoms with Crippen molar-refractivity contribution in [2.24, 2.45) is 0 Å². The van der Waals surface area contributed by atoms with Gasteiger partial charge < -0.3 is 34.3 Å². The third-order valence-electron chi connectivity index (χ3n) is 16.0. The topological polar surface area (TPSA) is 178 Å². The molecule has 0 saturated carbocycles. The van der Waals surface area contributed by atoms with Crippen molar-refractivity contribution < 1.29 is 56.2 Å². The molecule has 0 amide bonds. The lowest BCUT2D eigenvalue weighted by molar-refractivity contribution is -0.301. The highest BCUT2D eigenvalue weighted by molar-refractivity contribution is 7.80. The predicted octanol–water partition coefficient (Wildman–Crippen LogP) is 17.5. The highest BCUT2D eigenvalue weighted by atomic mass is 32.3. The molecule has 1 saturated heterocycles. The summed E-state index contributed by atoms with van der Waals surface area (Å²) < 4.78 is 59.6. The van der Waals surface area contributed by atoms with E-state index in [4.69, 9.17) is 18.9 Å². The van der Waals surface area contributed by atoms with E-state index in [1.807, 2.05) is 0 Å². The van der Waals surface area contributed by atoms with Gasteiger partial charge in [0, 0.05) is 13.0 Å². The molecule has 0 bridgehead atoms. The Labute approximate surface area is 475 Å². The van der Waals surface area contributed by atoms with Crippen LogP contribution in [0.2, 0.25) is 0 Å². The highest BCUT2D eigenvalue weighted by Crippen LogP contribution is 2.26. The summed E-state index contributed by atoms with van der Waals surface area (Å²) in [6.07, 6.45) is 57.4. The van der Waals surface area contributed by atoms with Crippen molar-refractivity contribution in [2.45, 2.75) is 378 Å². The normalized spacial score (nSPS) is 18.3. The smallest absolute Gasteiger partial charge is 0.397 e. The van der Waals surface area contributed by atoms with E-state index in [-0.39, 0.29) is 25.6 Å². The average molecular weight is 1120 g/mol. The summed E-state index contributed by atoms with van der Waals surface area (Å²) in [4.78, 5) is 13.0. The van der Waals surface area contributed by atoms with Gasteiger partial charge in [0.1, 0.15) is 30.5 Å². The van der Waals surface area contributed by atoms with Crippen LogP contribution in [0.5, 0.6) is 0 Å². The van der Waals surface area contributed by atoms with Gasteiger partial charge in [-0.3, -0.25) is 9.35 Å². The first-order valence-electron chi connectivity index (χ1n) is 33.3. The van der Waals surface area contributed by atoms with Gasteiger partial charge in [0.2, 0.25) is 0 Å². The Balaban J connectivity index is 2.20. The maximum Gasteiger partial charge on any atom is 0.397 e. The van der Waals surface area contributed by atoms with Crippen LogP contribution in [-0.2, 0) is 38.3 Å². The number of aliphatic hydroxyl groups excluding tert-OH is 3. The molecular weight excluding hydrogens is 993 g/mol. The summed E-state index contributed by atoms with van der Waals surface area (Å²) in [7, 11) is -5.07. The molecule has 6 unspecified atom stereocenters. The van der Waals surface area contributed by atoms with E-state index >= 15 is 0 Å². The van der Waals surface area contributed by atoms with E-state index in [9.17, 15) is 33.1 Å². The summed E-state index contributed by atoms with van der Waals surface area (Å²) >= 11 is 0. The Morgan fingerprint density at radius 1 is 0.442 bits per heavy atom. The Hall–Kier alpha value is -0.900. The second kappa shape index (κ2) is 55.6. The zero-order chi connectivity index (χ0) is 56.0. The molecule has 1 aliphatic heterocycles. The van der Waals surface area contributed by atoms with Gasteiger partial charge in [-0.2, -0.15) is 8.42 Å². The molecule has 1 aliphatic rings. The number of hydrogen-bond acceptors (Lipinski definition) is 11. The molecule has 1 rings (SSSR count). The maximum atomic E-state index is 13.0. The first kappa shape index (κ1) is 74.1. The number of esters is 1. The Morgan fingerprint density at radius 3 is 1.04 bits per heavy atom.